The smallest absolute Gasteiger partial charge is 0.318 e. The summed E-state index contributed by atoms with van der Waals surface area (Å²) in [6, 6.07) is 21.6. The Hall–Kier alpha value is -3.12. The van der Waals surface area contributed by atoms with Crippen molar-refractivity contribution in [1.29, 1.82) is 0 Å². The van der Waals surface area contributed by atoms with Gasteiger partial charge in [0, 0.05) is 24.0 Å². The molecule has 6 heteroatoms. The third-order valence-corrected chi connectivity index (χ3v) is 6.86. The number of nitrogens with zero attached hydrogens (tertiary/aromatic N) is 2. The summed E-state index contributed by atoms with van der Waals surface area (Å²) in [4.78, 5) is 31.2. The number of hydrogen-bond acceptors (Lipinski definition) is 3. The van der Waals surface area contributed by atoms with Gasteiger partial charge in [0.25, 0.3) is 0 Å². The van der Waals surface area contributed by atoms with Gasteiger partial charge < -0.3 is 15.1 Å². The van der Waals surface area contributed by atoms with Crippen molar-refractivity contribution in [1.82, 2.24) is 15.1 Å². The highest BCUT2D eigenvalue weighted by Crippen LogP contribution is 2.20. The van der Waals surface area contributed by atoms with Crippen LogP contribution in [0.2, 0.25) is 0 Å². The summed E-state index contributed by atoms with van der Waals surface area (Å²) in [5.74, 6) is -0.0539. The van der Waals surface area contributed by atoms with Crippen LogP contribution < -0.4 is 5.32 Å². The van der Waals surface area contributed by atoms with Crippen LogP contribution in [0.1, 0.15) is 41.8 Å². The molecule has 2 aromatic carbocycles. The average Bonchev–Trinajstić information content (AvgIpc) is 3.25. The zero-order valence-electron chi connectivity index (χ0n) is 19.7. The second-order valence-electron chi connectivity index (χ2n) is 8.29. The van der Waals surface area contributed by atoms with Gasteiger partial charge in [-0.25, -0.2) is 4.79 Å². The van der Waals surface area contributed by atoms with Gasteiger partial charge in [-0.05, 0) is 48.4 Å². The molecule has 0 bridgehead atoms. The number of hydrogen-bond donors (Lipinski definition) is 1. The van der Waals surface area contributed by atoms with E-state index in [9.17, 15) is 9.59 Å². The highest BCUT2D eigenvalue weighted by atomic mass is 32.1. The molecule has 0 fully saturated rings. The van der Waals surface area contributed by atoms with E-state index in [0.29, 0.717) is 19.6 Å². The van der Waals surface area contributed by atoms with Gasteiger partial charge in [0.1, 0.15) is 6.54 Å². The summed E-state index contributed by atoms with van der Waals surface area (Å²) >= 11 is 1.66. The summed E-state index contributed by atoms with van der Waals surface area (Å²) in [7, 11) is 0. The van der Waals surface area contributed by atoms with Gasteiger partial charge >= 0.3 is 6.03 Å². The number of nitrogens with one attached hydrogen (secondary N) is 1. The number of carbonyl (C=O) groups is 2. The molecule has 0 aliphatic carbocycles. The number of benzene rings is 2. The van der Waals surface area contributed by atoms with Crippen LogP contribution in [0.15, 0.2) is 72.1 Å². The Kier molecular flexibility index (Phi) is 9.07. The van der Waals surface area contributed by atoms with E-state index in [1.54, 1.807) is 16.2 Å². The maximum absolute atomic E-state index is 13.5. The first-order chi connectivity index (χ1) is 16.0. The SMILES string of the molecule is CCC(C)N(CC(=O)N(Cc1ccccc1)Cc1sccc1C)C(=O)NCc1ccccc1. The largest absolute Gasteiger partial charge is 0.334 e. The summed E-state index contributed by atoms with van der Waals surface area (Å²) in [5, 5.41) is 5.04. The normalized spacial score (nSPS) is 11.6. The third kappa shape index (κ3) is 7.19. The molecule has 33 heavy (non-hydrogen) atoms. The highest BCUT2D eigenvalue weighted by molar-refractivity contribution is 7.10. The summed E-state index contributed by atoms with van der Waals surface area (Å²) in [6.07, 6.45) is 0.773. The lowest BCUT2D eigenvalue weighted by Crippen LogP contribution is -2.49. The summed E-state index contributed by atoms with van der Waals surface area (Å²) in [5.41, 5.74) is 3.29. The Morgan fingerprint density at radius 3 is 2.15 bits per heavy atom. The molecule has 1 unspecified atom stereocenters. The molecule has 0 saturated carbocycles. The molecule has 1 aromatic heterocycles. The van der Waals surface area contributed by atoms with E-state index >= 15 is 0 Å². The fourth-order valence-corrected chi connectivity index (χ4v) is 4.47. The molecule has 3 rings (SSSR count). The lowest BCUT2D eigenvalue weighted by molar-refractivity contribution is -0.133. The van der Waals surface area contributed by atoms with Gasteiger partial charge in [0.05, 0.1) is 6.54 Å². The number of urea groups is 1. The second-order valence-corrected chi connectivity index (χ2v) is 9.29. The number of rotatable bonds is 10. The zero-order chi connectivity index (χ0) is 23.6. The molecule has 0 spiro atoms. The van der Waals surface area contributed by atoms with Crippen molar-refractivity contribution in [3.8, 4) is 0 Å². The van der Waals surface area contributed by atoms with Crippen molar-refractivity contribution in [2.45, 2.75) is 52.9 Å². The van der Waals surface area contributed by atoms with Crippen molar-refractivity contribution in [2.24, 2.45) is 0 Å². The fraction of sp³-hybridized carbons (Fsp3) is 0.333. The number of carbonyl (C=O) groups excluding carboxylic acids is 2. The van der Waals surface area contributed by atoms with Crippen LogP contribution in [0.25, 0.3) is 0 Å². The maximum Gasteiger partial charge on any atom is 0.318 e. The van der Waals surface area contributed by atoms with Crippen molar-refractivity contribution >= 4 is 23.3 Å². The van der Waals surface area contributed by atoms with Gasteiger partial charge in [0.15, 0.2) is 0 Å². The quantitative estimate of drug-likeness (QED) is 0.426. The van der Waals surface area contributed by atoms with Crippen molar-refractivity contribution in [3.05, 3.63) is 93.7 Å². The minimum atomic E-state index is -0.214. The Morgan fingerprint density at radius 2 is 1.58 bits per heavy atom. The van der Waals surface area contributed by atoms with E-state index in [0.717, 1.165) is 17.5 Å². The van der Waals surface area contributed by atoms with E-state index in [1.807, 2.05) is 79.4 Å². The average molecular weight is 464 g/mol. The van der Waals surface area contributed by atoms with Gasteiger partial charge in [-0.2, -0.15) is 0 Å². The van der Waals surface area contributed by atoms with Crippen LogP contribution in [0.5, 0.6) is 0 Å². The molecule has 1 N–H and O–H groups in total. The summed E-state index contributed by atoms with van der Waals surface area (Å²) in [6.45, 7) is 7.62. The predicted octanol–water partition coefficient (Wildman–Crippen LogP) is 5.60. The van der Waals surface area contributed by atoms with Gasteiger partial charge in [0.2, 0.25) is 5.91 Å². The molecule has 1 heterocycles. The van der Waals surface area contributed by atoms with E-state index in [4.69, 9.17) is 0 Å². The minimum absolute atomic E-state index is 0.0485. The molecule has 0 saturated heterocycles. The fourth-order valence-electron chi connectivity index (χ4n) is 3.54. The molecule has 3 amide bonds. The highest BCUT2D eigenvalue weighted by Gasteiger charge is 2.25. The van der Waals surface area contributed by atoms with Crippen molar-refractivity contribution in [2.75, 3.05) is 6.54 Å². The first-order valence-corrected chi connectivity index (χ1v) is 12.3. The van der Waals surface area contributed by atoms with Gasteiger partial charge in [-0.3, -0.25) is 4.79 Å². The monoisotopic (exact) mass is 463 g/mol. The molecular weight excluding hydrogens is 430 g/mol. The maximum atomic E-state index is 13.5. The minimum Gasteiger partial charge on any atom is -0.334 e. The molecule has 5 nitrogen and oxygen atoms in total. The molecular formula is C27H33N3O2S. The van der Waals surface area contributed by atoms with Crippen LogP contribution in [0, 0.1) is 6.92 Å². The molecule has 0 aliphatic rings. The van der Waals surface area contributed by atoms with E-state index in [1.165, 1.54) is 10.4 Å². The molecule has 0 radical (unpaired) electrons. The Balaban J connectivity index is 1.73. The number of thiophene rings is 1. The van der Waals surface area contributed by atoms with Crippen LogP contribution in [0.4, 0.5) is 4.79 Å². The lowest BCUT2D eigenvalue weighted by atomic mass is 10.2. The summed E-state index contributed by atoms with van der Waals surface area (Å²) < 4.78 is 0. The van der Waals surface area contributed by atoms with E-state index < -0.39 is 0 Å². The van der Waals surface area contributed by atoms with Crippen LogP contribution in [-0.2, 0) is 24.4 Å². The van der Waals surface area contributed by atoms with Crippen molar-refractivity contribution in [3.63, 3.8) is 0 Å². The molecule has 1 atom stereocenters. The second kappa shape index (κ2) is 12.2. The Bertz CT molecular complexity index is 1020. The topological polar surface area (TPSA) is 52.7 Å². The zero-order valence-corrected chi connectivity index (χ0v) is 20.5. The number of aryl methyl sites for hydroxylation is 1. The molecule has 3 aromatic rings. The van der Waals surface area contributed by atoms with Crippen molar-refractivity contribution < 1.29 is 9.59 Å². The Morgan fingerprint density at radius 1 is 0.939 bits per heavy atom. The van der Waals surface area contributed by atoms with Gasteiger partial charge in [-0.15, -0.1) is 11.3 Å². The first kappa shape index (κ1) is 24.5. The molecule has 0 aliphatic heterocycles. The predicted molar refractivity (Wildman–Crippen MR) is 135 cm³/mol. The van der Waals surface area contributed by atoms with Crippen LogP contribution in [-0.4, -0.2) is 34.3 Å². The van der Waals surface area contributed by atoms with Gasteiger partial charge in [-0.1, -0.05) is 67.6 Å². The molecule has 174 valence electrons. The third-order valence-electron chi connectivity index (χ3n) is 5.85. The van der Waals surface area contributed by atoms with E-state index in [-0.39, 0.29) is 24.5 Å². The lowest BCUT2D eigenvalue weighted by Gasteiger charge is -2.31. The number of amides is 3. The van der Waals surface area contributed by atoms with Crippen LogP contribution >= 0.6 is 11.3 Å². The van der Waals surface area contributed by atoms with Crippen LogP contribution in [0.3, 0.4) is 0 Å². The standard InChI is InChI=1S/C27H33N3O2S/c1-4-22(3)30(27(32)28-17-23-11-7-5-8-12-23)20-26(31)29(18-24-13-9-6-10-14-24)19-25-21(2)15-16-33-25/h5-16,22H,4,17-20H2,1-3H3,(H,28,32). The first-order valence-electron chi connectivity index (χ1n) is 11.4. The Labute approximate surface area is 201 Å². The van der Waals surface area contributed by atoms with E-state index in [2.05, 4.69) is 23.7 Å².